The number of carbonyl (C=O) groups excluding carboxylic acids is 1. The first kappa shape index (κ1) is 18.3. The molecule has 8 heteroatoms. The lowest BCUT2D eigenvalue weighted by Gasteiger charge is -2.05. The normalized spacial score (nSPS) is 11.5. The number of nitrogens with zero attached hydrogens (tertiary/aromatic N) is 1. The number of para-hydroxylation sites is 1. The van der Waals surface area contributed by atoms with Gasteiger partial charge in [-0.3, -0.25) is 4.79 Å². The van der Waals surface area contributed by atoms with Crippen molar-refractivity contribution in [3.63, 3.8) is 0 Å². The summed E-state index contributed by atoms with van der Waals surface area (Å²) >= 11 is 1.27. The van der Waals surface area contributed by atoms with Crippen LogP contribution in [0.1, 0.15) is 12.5 Å². The van der Waals surface area contributed by atoms with Gasteiger partial charge < -0.3 is 10.1 Å². The summed E-state index contributed by atoms with van der Waals surface area (Å²) in [6.45, 7) is 4.25. The fraction of sp³-hybridized carbons (Fsp3) is 0.222. The van der Waals surface area contributed by atoms with Gasteiger partial charge in [-0.2, -0.15) is 0 Å². The molecule has 0 fully saturated rings. The molecule has 0 spiro atoms. The maximum atomic E-state index is 12.4. The fourth-order valence-corrected chi connectivity index (χ4v) is 4.44. The van der Waals surface area contributed by atoms with Crippen molar-refractivity contribution in [2.75, 3.05) is 17.7 Å². The van der Waals surface area contributed by atoms with E-state index in [1.807, 2.05) is 26.0 Å². The third kappa shape index (κ3) is 4.03. The van der Waals surface area contributed by atoms with E-state index in [2.05, 4.69) is 10.3 Å². The first-order valence-electron chi connectivity index (χ1n) is 8.00. The predicted octanol–water partition coefficient (Wildman–Crippen LogP) is 3.42. The lowest BCUT2D eigenvalue weighted by atomic mass is 10.2. The first-order chi connectivity index (χ1) is 12.4. The summed E-state index contributed by atoms with van der Waals surface area (Å²) < 4.78 is 31.1. The Morgan fingerprint density at radius 3 is 2.62 bits per heavy atom. The number of anilines is 1. The van der Waals surface area contributed by atoms with Gasteiger partial charge in [-0.15, -0.1) is 0 Å². The Hall–Kier alpha value is -2.45. The number of rotatable bonds is 6. The van der Waals surface area contributed by atoms with Gasteiger partial charge in [0.15, 0.2) is 15.0 Å². The fourth-order valence-electron chi connectivity index (χ4n) is 2.41. The van der Waals surface area contributed by atoms with Gasteiger partial charge in [-0.25, -0.2) is 13.4 Å². The molecule has 26 heavy (non-hydrogen) atoms. The van der Waals surface area contributed by atoms with E-state index in [1.165, 1.54) is 23.5 Å². The number of aromatic nitrogens is 1. The summed E-state index contributed by atoms with van der Waals surface area (Å²) in [7, 11) is -3.70. The summed E-state index contributed by atoms with van der Waals surface area (Å²) in [5.41, 5.74) is 1.60. The third-order valence-electron chi connectivity index (χ3n) is 3.63. The topological polar surface area (TPSA) is 85.4 Å². The molecule has 2 aromatic carbocycles. The summed E-state index contributed by atoms with van der Waals surface area (Å²) in [5.74, 6) is -0.624. The number of fused-ring (bicyclic) bond motifs is 1. The van der Waals surface area contributed by atoms with E-state index in [9.17, 15) is 13.2 Å². The van der Waals surface area contributed by atoms with Crippen LogP contribution in [-0.4, -0.2) is 31.7 Å². The van der Waals surface area contributed by atoms with E-state index >= 15 is 0 Å². The number of hydrogen-bond donors (Lipinski definition) is 1. The molecule has 0 aliphatic rings. The molecule has 3 rings (SSSR count). The van der Waals surface area contributed by atoms with Crippen LogP contribution in [0.2, 0.25) is 0 Å². The molecule has 1 amide bonds. The van der Waals surface area contributed by atoms with Crippen molar-refractivity contribution in [2.24, 2.45) is 0 Å². The number of carbonyl (C=O) groups is 1. The molecule has 0 radical (unpaired) electrons. The van der Waals surface area contributed by atoms with Crippen molar-refractivity contribution in [2.45, 2.75) is 18.7 Å². The Bertz CT molecular complexity index is 1040. The van der Waals surface area contributed by atoms with E-state index in [4.69, 9.17) is 4.74 Å². The van der Waals surface area contributed by atoms with Crippen LogP contribution in [0.15, 0.2) is 47.4 Å². The number of amides is 1. The Balaban J connectivity index is 1.76. The predicted molar refractivity (Wildman–Crippen MR) is 103 cm³/mol. The highest BCUT2D eigenvalue weighted by molar-refractivity contribution is 7.92. The van der Waals surface area contributed by atoms with Crippen molar-refractivity contribution < 1.29 is 17.9 Å². The Labute approximate surface area is 155 Å². The Morgan fingerprint density at radius 2 is 1.92 bits per heavy atom. The minimum Gasteiger partial charge on any atom is -0.492 e. The minimum atomic E-state index is -3.70. The van der Waals surface area contributed by atoms with Crippen LogP contribution in [0.3, 0.4) is 0 Å². The smallest absolute Gasteiger partial charge is 0.241 e. The summed E-state index contributed by atoms with van der Waals surface area (Å²) in [5, 5.41) is 2.92. The molecule has 1 aromatic heterocycles. The van der Waals surface area contributed by atoms with E-state index < -0.39 is 21.5 Å². The van der Waals surface area contributed by atoms with Gasteiger partial charge in [-0.1, -0.05) is 35.1 Å². The van der Waals surface area contributed by atoms with Crippen LogP contribution < -0.4 is 10.1 Å². The van der Waals surface area contributed by atoms with E-state index in [-0.39, 0.29) is 4.90 Å². The van der Waals surface area contributed by atoms with Gasteiger partial charge in [0.25, 0.3) is 0 Å². The van der Waals surface area contributed by atoms with Crippen LogP contribution >= 0.6 is 11.3 Å². The second-order valence-electron chi connectivity index (χ2n) is 5.68. The van der Waals surface area contributed by atoms with Crippen LogP contribution in [0.4, 0.5) is 5.13 Å². The number of thiazole rings is 1. The highest BCUT2D eigenvalue weighted by Crippen LogP contribution is 2.32. The molecule has 0 unspecified atom stereocenters. The zero-order valence-electron chi connectivity index (χ0n) is 14.4. The number of ether oxygens (including phenoxy) is 1. The molecule has 136 valence electrons. The van der Waals surface area contributed by atoms with Crippen molar-refractivity contribution in [3.05, 3.63) is 48.0 Å². The largest absolute Gasteiger partial charge is 0.492 e. The van der Waals surface area contributed by atoms with E-state index in [0.29, 0.717) is 23.0 Å². The highest BCUT2D eigenvalue weighted by Gasteiger charge is 2.20. The Kier molecular flexibility index (Phi) is 5.24. The van der Waals surface area contributed by atoms with Gasteiger partial charge >= 0.3 is 0 Å². The zero-order valence-corrected chi connectivity index (χ0v) is 16.0. The van der Waals surface area contributed by atoms with E-state index in [0.717, 1.165) is 10.3 Å². The molecular formula is C18H18N2O4S2. The second kappa shape index (κ2) is 7.43. The van der Waals surface area contributed by atoms with Gasteiger partial charge in [0.1, 0.15) is 17.0 Å². The molecule has 0 atom stereocenters. The molecule has 0 saturated carbocycles. The molecule has 1 N–H and O–H groups in total. The molecule has 6 nitrogen and oxygen atoms in total. The standard InChI is InChI=1S/C18H18N2O4S2/c1-3-24-14-5-4-6-15-17(14)20-18(25-15)19-16(21)11-26(22,23)13-9-7-12(2)8-10-13/h4-10H,3,11H2,1-2H3,(H,19,20,21). The maximum Gasteiger partial charge on any atom is 0.241 e. The van der Waals surface area contributed by atoms with Crippen molar-refractivity contribution in [1.82, 2.24) is 4.98 Å². The highest BCUT2D eigenvalue weighted by atomic mass is 32.2. The molecule has 0 aliphatic carbocycles. The van der Waals surface area contributed by atoms with Crippen molar-refractivity contribution >= 4 is 42.4 Å². The van der Waals surface area contributed by atoms with Crippen molar-refractivity contribution in [1.29, 1.82) is 0 Å². The summed E-state index contributed by atoms with van der Waals surface area (Å²) in [6, 6.07) is 11.9. The molecule has 0 bridgehead atoms. The number of sulfone groups is 1. The SMILES string of the molecule is CCOc1cccc2sc(NC(=O)CS(=O)(=O)c3ccc(C)cc3)nc12. The first-order valence-corrected chi connectivity index (χ1v) is 10.5. The number of aryl methyl sites for hydroxylation is 1. The third-order valence-corrected chi connectivity index (χ3v) is 6.20. The van der Waals surface area contributed by atoms with Crippen LogP contribution in [0, 0.1) is 6.92 Å². The van der Waals surface area contributed by atoms with E-state index in [1.54, 1.807) is 18.2 Å². The summed E-state index contributed by atoms with van der Waals surface area (Å²) in [6.07, 6.45) is 0. The Morgan fingerprint density at radius 1 is 1.19 bits per heavy atom. The lowest BCUT2D eigenvalue weighted by Crippen LogP contribution is -2.22. The second-order valence-corrected chi connectivity index (χ2v) is 8.70. The molecular weight excluding hydrogens is 372 g/mol. The monoisotopic (exact) mass is 390 g/mol. The average molecular weight is 390 g/mol. The van der Waals surface area contributed by atoms with Crippen LogP contribution in [-0.2, 0) is 14.6 Å². The minimum absolute atomic E-state index is 0.126. The van der Waals surface area contributed by atoms with Crippen LogP contribution in [0.25, 0.3) is 10.2 Å². The molecule has 3 aromatic rings. The number of nitrogens with one attached hydrogen (secondary N) is 1. The summed E-state index contributed by atoms with van der Waals surface area (Å²) in [4.78, 5) is 16.7. The van der Waals surface area contributed by atoms with Gasteiger partial charge in [0, 0.05) is 0 Å². The molecule has 0 aliphatic heterocycles. The van der Waals surface area contributed by atoms with Crippen LogP contribution in [0.5, 0.6) is 5.75 Å². The zero-order chi connectivity index (χ0) is 18.7. The average Bonchev–Trinajstić information content (AvgIpc) is 2.98. The quantitative estimate of drug-likeness (QED) is 0.697. The number of benzene rings is 2. The van der Waals surface area contributed by atoms with Crippen molar-refractivity contribution in [3.8, 4) is 5.75 Å². The maximum absolute atomic E-state index is 12.4. The molecule has 1 heterocycles. The lowest BCUT2D eigenvalue weighted by molar-refractivity contribution is -0.113. The van der Waals surface area contributed by atoms with Gasteiger partial charge in [-0.05, 0) is 38.1 Å². The van der Waals surface area contributed by atoms with Gasteiger partial charge in [0.2, 0.25) is 5.91 Å². The van der Waals surface area contributed by atoms with Gasteiger partial charge in [0.05, 0.1) is 16.2 Å². The number of hydrogen-bond acceptors (Lipinski definition) is 6. The molecule has 0 saturated heterocycles.